The van der Waals surface area contributed by atoms with Crippen molar-refractivity contribution in [1.82, 2.24) is 0 Å². The van der Waals surface area contributed by atoms with Gasteiger partial charge in [-0.05, 0) is 37.0 Å². The smallest absolute Gasteiger partial charge is 0.0200 e. The summed E-state index contributed by atoms with van der Waals surface area (Å²) < 4.78 is 0. The molecule has 2 aliphatic rings. The fraction of sp³-hybridized carbons (Fsp3) is 1.00. The normalized spacial score (nSPS) is 29.0. The molecule has 2 saturated carbocycles. The predicted octanol–water partition coefficient (Wildman–Crippen LogP) is 4.14. The van der Waals surface area contributed by atoms with E-state index in [0.717, 1.165) is 0 Å². The van der Waals surface area contributed by atoms with Crippen LogP contribution in [0.15, 0.2) is 0 Å². The van der Waals surface area contributed by atoms with Crippen molar-refractivity contribution in [3.05, 3.63) is 0 Å². The fourth-order valence-corrected chi connectivity index (χ4v) is 7.39. The average molecular weight is 202 g/mol. The van der Waals surface area contributed by atoms with Gasteiger partial charge in [-0.1, -0.05) is 42.2 Å². The largest absolute Gasteiger partial charge is 0.0958 e. The minimum Gasteiger partial charge on any atom is -0.0958 e. The lowest BCUT2D eigenvalue weighted by molar-refractivity contribution is 0.886. The third kappa shape index (κ3) is 2.68. The maximum Gasteiger partial charge on any atom is -0.0200 e. The van der Waals surface area contributed by atoms with Gasteiger partial charge in [-0.15, -0.1) is 0 Å². The first-order chi connectivity index (χ1) is 5.95. The van der Waals surface area contributed by atoms with Crippen molar-refractivity contribution >= 4 is 16.5 Å². The van der Waals surface area contributed by atoms with Crippen molar-refractivity contribution in [1.29, 1.82) is 0 Å². The Morgan fingerprint density at radius 2 is 0.917 bits per heavy atom. The van der Waals surface area contributed by atoms with Crippen LogP contribution in [0.1, 0.15) is 51.4 Å². The fourth-order valence-electron chi connectivity index (χ4n) is 2.38. The summed E-state index contributed by atoms with van der Waals surface area (Å²) in [6.07, 6.45) is 12.4. The molecule has 0 aromatic heterocycles. The van der Waals surface area contributed by atoms with Crippen LogP contribution >= 0.6 is 16.5 Å². The van der Waals surface area contributed by atoms with Gasteiger partial charge in [0.2, 0.25) is 0 Å². The van der Waals surface area contributed by atoms with Crippen molar-refractivity contribution in [2.75, 3.05) is 0 Å². The average Bonchev–Trinajstić information content (AvgIpc) is 2.74. The lowest BCUT2D eigenvalue weighted by atomic mass is 10.4. The van der Waals surface area contributed by atoms with E-state index in [0.29, 0.717) is 0 Å². The zero-order chi connectivity index (χ0) is 8.23. The summed E-state index contributed by atoms with van der Waals surface area (Å²) in [5.41, 5.74) is 2.34. The molecule has 0 amide bonds. The van der Waals surface area contributed by atoms with Crippen LogP contribution in [0, 0.1) is 0 Å². The van der Waals surface area contributed by atoms with Gasteiger partial charge >= 0.3 is 0 Å². The van der Waals surface area contributed by atoms with Crippen LogP contribution in [0.25, 0.3) is 0 Å². The second kappa shape index (κ2) is 4.92. The van der Waals surface area contributed by atoms with Crippen LogP contribution in [0.4, 0.5) is 0 Å². The van der Waals surface area contributed by atoms with E-state index in [-0.39, 0.29) is 0 Å². The highest BCUT2D eigenvalue weighted by atomic mass is 32.0. The zero-order valence-electron chi connectivity index (χ0n) is 7.81. The van der Waals surface area contributed by atoms with Crippen molar-refractivity contribution in [3.8, 4) is 0 Å². The van der Waals surface area contributed by atoms with Crippen LogP contribution in [0.2, 0.25) is 0 Å². The molecule has 2 atom stereocenters. The number of hydrogen-bond acceptors (Lipinski definition) is 0. The van der Waals surface area contributed by atoms with E-state index in [1.54, 1.807) is 25.7 Å². The molecule has 2 fully saturated rings. The SMILES string of the molecule is C1CCC(PPC2CCCC2)C1. The van der Waals surface area contributed by atoms with Crippen molar-refractivity contribution < 1.29 is 0 Å². The highest BCUT2D eigenvalue weighted by molar-refractivity contribution is 8.12. The van der Waals surface area contributed by atoms with Gasteiger partial charge < -0.3 is 0 Å². The molecule has 0 radical (unpaired) electrons. The minimum absolute atomic E-state index is 1.17. The van der Waals surface area contributed by atoms with E-state index >= 15 is 0 Å². The van der Waals surface area contributed by atoms with Crippen LogP contribution in [0.5, 0.6) is 0 Å². The summed E-state index contributed by atoms with van der Waals surface area (Å²) in [6, 6.07) is 0. The number of hydrogen-bond donors (Lipinski definition) is 0. The highest BCUT2D eigenvalue weighted by Gasteiger charge is 2.19. The Labute approximate surface area is 79.7 Å². The van der Waals surface area contributed by atoms with Gasteiger partial charge in [0.25, 0.3) is 0 Å². The molecule has 0 aromatic carbocycles. The second-order valence-corrected chi connectivity index (χ2v) is 8.19. The minimum atomic E-state index is 1.17. The van der Waals surface area contributed by atoms with Crippen LogP contribution < -0.4 is 0 Å². The molecule has 0 heterocycles. The first-order valence-electron chi connectivity index (χ1n) is 5.46. The Morgan fingerprint density at radius 1 is 0.583 bits per heavy atom. The van der Waals surface area contributed by atoms with E-state index in [1.165, 1.54) is 53.5 Å². The van der Waals surface area contributed by atoms with E-state index in [9.17, 15) is 0 Å². The molecule has 0 spiro atoms. The van der Waals surface area contributed by atoms with Gasteiger partial charge in [-0.3, -0.25) is 0 Å². The van der Waals surface area contributed by atoms with Crippen LogP contribution in [0.3, 0.4) is 0 Å². The van der Waals surface area contributed by atoms with Gasteiger partial charge in [-0.2, -0.15) is 0 Å². The molecule has 0 bridgehead atoms. The summed E-state index contributed by atoms with van der Waals surface area (Å²) in [4.78, 5) is 0. The van der Waals surface area contributed by atoms with Crippen molar-refractivity contribution in [2.24, 2.45) is 0 Å². The molecule has 0 N–H and O–H groups in total. The quantitative estimate of drug-likeness (QED) is 0.603. The van der Waals surface area contributed by atoms with E-state index in [1.807, 2.05) is 0 Å². The summed E-state index contributed by atoms with van der Waals surface area (Å²) in [6.45, 7) is 0. The molecule has 2 heteroatoms. The van der Waals surface area contributed by atoms with E-state index in [2.05, 4.69) is 0 Å². The van der Waals surface area contributed by atoms with Gasteiger partial charge in [0.05, 0.1) is 0 Å². The molecule has 2 rings (SSSR count). The van der Waals surface area contributed by atoms with Crippen molar-refractivity contribution in [2.45, 2.75) is 62.7 Å². The topological polar surface area (TPSA) is 0 Å². The van der Waals surface area contributed by atoms with Gasteiger partial charge in [0, 0.05) is 0 Å². The first kappa shape index (κ1) is 9.42. The molecule has 2 aliphatic carbocycles. The number of rotatable bonds is 3. The summed E-state index contributed by atoms with van der Waals surface area (Å²) in [5.74, 6) is 0. The third-order valence-corrected chi connectivity index (χ3v) is 8.29. The predicted molar refractivity (Wildman–Crippen MR) is 61.1 cm³/mol. The van der Waals surface area contributed by atoms with E-state index < -0.39 is 0 Å². The standard InChI is InChI=1S/C10H20P2/c1-2-6-9(5-1)11-12-10-7-3-4-8-10/h9-12H,1-8H2. The Morgan fingerprint density at radius 3 is 1.25 bits per heavy atom. The Bertz CT molecular complexity index is 108. The third-order valence-electron chi connectivity index (χ3n) is 3.20. The Hall–Kier alpha value is 0.860. The molecule has 0 aromatic rings. The van der Waals surface area contributed by atoms with Gasteiger partial charge in [0.1, 0.15) is 0 Å². The van der Waals surface area contributed by atoms with Crippen LogP contribution in [-0.2, 0) is 0 Å². The monoisotopic (exact) mass is 202 g/mol. The Balaban J connectivity index is 1.60. The maximum absolute atomic E-state index is 1.57. The van der Waals surface area contributed by atoms with E-state index in [4.69, 9.17) is 0 Å². The molecular weight excluding hydrogens is 182 g/mol. The molecule has 12 heavy (non-hydrogen) atoms. The molecular formula is C10H20P2. The summed E-state index contributed by atoms with van der Waals surface area (Å²) in [5, 5.41) is 0. The van der Waals surface area contributed by atoms with Gasteiger partial charge in [0.15, 0.2) is 0 Å². The molecule has 0 saturated heterocycles. The molecule has 0 aliphatic heterocycles. The second-order valence-electron chi connectivity index (χ2n) is 4.25. The molecule has 2 unspecified atom stereocenters. The lowest BCUT2D eigenvalue weighted by Crippen LogP contribution is -1.92. The highest BCUT2D eigenvalue weighted by Crippen LogP contribution is 2.53. The lowest BCUT2D eigenvalue weighted by Gasteiger charge is -2.13. The molecule has 70 valence electrons. The summed E-state index contributed by atoms with van der Waals surface area (Å²) in [7, 11) is 2.70. The van der Waals surface area contributed by atoms with Crippen LogP contribution in [-0.4, -0.2) is 11.3 Å². The zero-order valence-corrected chi connectivity index (χ0v) is 9.81. The first-order valence-corrected chi connectivity index (χ1v) is 8.62. The van der Waals surface area contributed by atoms with Gasteiger partial charge in [-0.25, -0.2) is 0 Å². The maximum atomic E-state index is 1.57. The van der Waals surface area contributed by atoms with Crippen molar-refractivity contribution in [3.63, 3.8) is 0 Å². The molecule has 0 nitrogen and oxygen atoms in total. The Kier molecular flexibility index (Phi) is 3.86. The summed E-state index contributed by atoms with van der Waals surface area (Å²) >= 11 is 0.